The minimum absolute atomic E-state index is 0.0224. The average molecular weight is 489 g/mol. The Morgan fingerprint density at radius 2 is 1.86 bits per heavy atom. The van der Waals surface area contributed by atoms with Gasteiger partial charge in [0.2, 0.25) is 11.8 Å². The van der Waals surface area contributed by atoms with E-state index in [2.05, 4.69) is 45.5 Å². The molecule has 2 saturated heterocycles. The molecule has 7 rings (SSSR count). The number of hydrogen-bond acceptors (Lipinski definition) is 5. The highest BCUT2D eigenvalue weighted by Crippen LogP contribution is 2.74. The number of nitrogens with two attached hydrogens (primary N) is 1. The molecule has 5 fully saturated rings. The quantitative estimate of drug-likeness (QED) is 0.624. The first-order valence-corrected chi connectivity index (χ1v) is 13.3. The largest absolute Gasteiger partial charge is 0.376 e. The highest BCUT2D eigenvalue weighted by molar-refractivity contribution is 5.87. The lowest BCUT2D eigenvalue weighted by atomic mass is 9.33. The van der Waals surface area contributed by atoms with Crippen LogP contribution in [0, 0.1) is 10.8 Å². The summed E-state index contributed by atoms with van der Waals surface area (Å²) in [5.74, 6) is 0.311. The van der Waals surface area contributed by atoms with Crippen LogP contribution in [-0.4, -0.2) is 54.0 Å². The Labute approximate surface area is 212 Å². The molecule has 2 aromatic rings. The minimum Gasteiger partial charge on any atom is -0.376 e. The highest BCUT2D eigenvalue weighted by atomic mass is 16.5. The smallest absolute Gasteiger partial charge is 0.228 e. The summed E-state index contributed by atoms with van der Waals surface area (Å²) in [5, 5.41) is 3.00. The molecule has 2 atom stereocenters. The van der Waals surface area contributed by atoms with Gasteiger partial charge in [0.15, 0.2) is 0 Å². The molecule has 3 aliphatic carbocycles. The number of aromatic nitrogens is 1. The Kier molecular flexibility index (Phi) is 5.88. The maximum Gasteiger partial charge on any atom is 0.228 e. The second-order valence-corrected chi connectivity index (χ2v) is 11.8. The lowest BCUT2D eigenvalue weighted by molar-refractivity contribution is -0.189. The number of amides is 2. The molecule has 7 heteroatoms. The third-order valence-electron chi connectivity index (χ3n) is 9.31. The Bertz CT molecular complexity index is 1090. The molecule has 1 spiro atoms. The summed E-state index contributed by atoms with van der Waals surface area (Å²) in [6.07, 6.45) is 9.59. The molecule has 2 unspecified atom stereocenters. The van der Waals surface area contributed by atoms with E-state index >= 15 is 0 Å². The molecule has 7 nitrogen and oxygen atoms in total. The number of carbonyl (C=O) groups excluding carboxylic acids is 2. The summed E-state index contributed by atoms with van der Waals surface area (Å²) in [5.41, 5.74) is 8.69. The van der Waals surface area contributed by atoms with Crippen molar-refractivity contribution in [1.29, 1.82) is 0 Å². The molecule has 0 radical (unpaired) electrons. The predicted octanol–water partition coefficient (Wildman–Crippen LogP) is 3.11. The predicted molar refractivity (Wildman–Crippen MR) is 136 cm³/mol. The van der Waals surface area contributed by atoms with Gasteiger partial charge >= 0.3 is 0 Å². The lowest BCUT2D eigenvalue weighted by Crippen LogP contribution is -2.70. The normalized spacial score (nSPS) is 30.8. The van der Waals surface area contributed by atoms with Gasteiger partial charge in [-0.15, -0.1) is 0 Å². The summed E-state index contributed by atoms with van der Waals surface area (Å²) in [6, 6.07) is 14.1. The zero-order chi connectivity index (χ0) is 24.8. The van der Waals surface area contributed by atoms with Gasteiger partial charge in [-0.1, -0.05) is 36.4 Å². The number of ether oxygens (including phenoxy) is 1. The maximum absolute atomic E-state index is 13.4. The number of pyridine rings is 1. The van der Waals surface area contributed by atoms with E-state index in [1.165, 1.54) is 5.56 Å². The number of likely N-dealkylation sites (tertiary alicyclic amines) is 1. The van der Waals surface area contributed by atoms with Crippen molar-refractivity contribution in [1.82, 2.24) is 15.2 Å². The van der Waals surface area contributed by atoms with Crippen LogP contribution >= 0.6 is 0 Å². The summed E-state index contributed by atoms with van der Waals surface area (Å²) in [7, 11) is 0. The molecule has 3 saturated carbocycles. The molecule has 2 amide bonds. The van der Waals surface area contributed by atoms with Gasteiger partial charge in [-0.05, 0) is 66.5 Å². The van der Waals surface area contributed by atoms with Crippen LogP contribution in [0.5, 0.6) is 0 Å². The van der Waals surface area contributed by atoms with Gasteiger partial charge in [-0.25, -0.2) is 0 Å². The van der Waals surface area contributed by atoms with Crippen molar-refractivity contribution < 1.29 is 14.3 Å². The van der Waals surface area contributed by atoms with E-state index in [0.29, 0.717) is 19.1 Å². The van der Waals surface area contributed by atoms with Gasteiger partial charge in [-0.3, -0.25) is 14.6 Å². The Morgan fingerprint density at radius 1 is 1.11 bits per heavy atom. The van der Waals surface area contributed by atoms with Crippen LogP contribution in [0.2, 0.25) is 0 Å². The molecule has 1 aromatic heterocycles. The Morgan fingerprint density at radius 3 is 2.56 bits per heavy atom. The van der Waals surface area contributed by atoms with E-state index < -0.39 is 0 Å². The number of nitrogens with one attached hydrogen (secondary N) is 1. The first-order chi connectivity index (χ1) is 17.4. The maximum atomic E-state index is 13.4. The summed E-state index contributed by atoms with van der Waals surface area (Å²) < 4.78 is 6.09. The van der Waals surface area contributed by atoms with E-state index in [4.69, 9.17) is 10.5 Å². The van der Waals surface area contributed by atoms with Crippen molar-refractivity contribution in [3.8, 4) is 0 Å². The van der Waals surface area contributed by atoms with Crippen LogP contribution < -0.4 is 11.1 Å². The zero-order valence-corrected chi connectivity index (χ0v) is 20.8. The Hall–Kier alpha value is -2.77. The van der Waals surface area contributed by atoms with Gasteiger partial charge in [0.1, 0.15) is 0 Å². The van der Waals surface area contributed by atoms with Crippen LogP contribution in [0.3, 0.4) is 0 Å². The number of hydrogen-bond donors (Lipinski definition) is 2. The number of carbonyl (C=O) groups is 2. The highest BCUT2D eigenvalue weighted by Gasteiger charge is 2.72. The molecule has 3 heterocycles. The first-order valence-electron chi connectivity index (χ1n) is 13.3. The molecule has 5 aliphatic rings. The first kappa shape index (κ1) is 23.6. The van der Waals surface area contributed by atoms with Crippen molar-refractivity contribution in [2.45, 2.75) is 62.5 Å². The fourth-order valence-corrected chi connectivity index (χ4v) is 7.22. The third-order valence-corrected chi connectivity index (χ3v) is 9.31. The van der Waals surface area contributed by atoms with Gasteiger partial charge in [0.25, 0.3) is 0 Å². The van der Waals surface area contributed by atoms with Gasteiger partial charge in [0.05, 0.1) is 18.1 Å². The van der Waals surface area contributed by atoms with Crippen molar-refractivity contribution in [2.75, 3.05) is 26.2 Å². The molecule has 2 bridgehead atoms. The van der Waals surface area contributed by atoms with Crippen molar-refractivity contribution >= 4 is 11.8 Å². The van der Waals surface area contributed by atoms with E-state index in [9.17, 15) is 9.59 Å². The van der Waals surface area contributed by atoms with Gasteiger partial charge in [0, 0.05) is 44.5 Å². The molecule has 1 aromatic carbocycles. The second kappa shape index (κ2) is 8.96. The van der Waals surface area contributed by atoms with E-state index in [1.807, 2.05) is 12.1 Å². The van der Waals surface area contributed by atoms with E-state index in [-0.39, 0.29) is 40.7 Å². The topological polar surface area (TPSA) is 97.6 Å². The monoisotopic (exact) mass is 488 g/mol. The van der Waals surface area contributed by atoms with Crippen LogP contribution in [0.4, 0.5) is 0 Å². The molecule has 190 valence electrons. The van der Waals surface area contributed by atoms with Crippen molar-refractivity contribution in [2.24, 2.45) is 16.6 Å². The van der Waals surface area contributed by atoms with Crippen molar-refractivity contribution in [3.05, 3.63) is 66.0 Å². The van der Waals surface area contributed by atoms with Crippen molar-refractivity contribution in [3.63, 3.8) is 0 Å². The Balaban J connectivity index is 0.942. The zero-order valence-electron chi connectivity index (χ0n) is 20.8. The SMILES string of the molecule is NC(CC(=O)NCC1CC2(CCN(C(=O)C34CC(c5ccccc5)(C3)C4)CC2)CO1)c1cccnc1. The van der Waals surface area contributed by atoms with Crippen LogP contribution in [0.1, 0.15) is 62.1 Å². The number of benzene rings is 1. The van der Waals surface area contributed by atoms with Gasteiger partial charge in [-0.2, -0.15) is 0 Å². The fourth-order valence-electron chi connectivity index (χ4n) is 7.22. The lowest BCUT2D eigenvalue weighted by Gasteiger charge is -2.70. The summed E-state index contributed by atoms with van der Waals surface area (Å²) in [4.78, 5) is 32.0. The standard InChI is InChI=1S/C29H36N4O3/c30-24(21-5-4-10-31-15-21)13-25(34)32-16-23-14-27(20-36-23)8-11-33(12-9-27)26(35)29-17-28(18-29,19-29)22-6-2-1-3-7-22/h1-7,10,15,23-24H,8-9,11-14,16-20,30H2,(H,32,34). The molecule has 3 N–H and O–H groups in total. The number of nitrogens with zero attached hydrogens (tertiary/aromatic N) is 2. The van der Waals surface area contributed by atoms with Gasteiger partial charge < -0.3 is 20.7 Å². The number of rotatable bonds is 7. The van der Waals surface area contributed by atoms with Crippen LogP contribution in [0.15, 0.2) is 54.9 Å². The summed E-state index contributed by atoms with van der Waals surface area (Å²) in [6.45, 7) is 2.86. The average Bonchev–Trinajstić information content (AvgIpc) is 3.25. The molecule has 2 aliphatic heterocycles. The minimum atomic E-state index is -0.361. The molecular weight excluding hydrogens is 452 g/mol. The van der Waals surface area contributed by atoms with Crippen LogP contribution in [0.25, 0.3) is 0 Å². The van der Waals surface area contributed by atoms with Crippen LogP contribution in [-0.2, 0) is 19.7 Å². The van der Waals surface area contributed by atoms with E-state index in [1.54, 1.807) is 12.4 Å². The second-order valence-electron chi connectivity index (χ2n) is 11.8. The third kappa shape index (κ3) is 4.12. The fraction of sp³-hybridized carbons (Fsp3) is 0.552. The molecular formula is C29H36N4O3. The summed E-state index contributed by atoms with van der Waals surface area (Å²) >= 11 is 0. The van der Waals surface area contributed by atoms with E-state index in [0.717, 1.165) is 57.2 Å². The molecule has 36 heavy (non-hydrogen) atoms. The number of piperidine rings is 1.